The molecule has 7 nitrogen and oxygen atoms in total. The molecule has 0 aliphatic carbocycles. The minimum absolute atomic E-state index is 0.0864. The molecule has 0 saturated heterocycles. The van der Waals surface area contributed by atoms with Gasteiger partial charge < -0.3 is 20.1 Å². The van der Waals surface area contributed by atoms with E-state index in [0.717, 1.165) is 11.1 Å². The van der Waals surface area contributed by atoms with Crippen LogP contribution >= 0.6 is 0 Å². The minimum Gasteiger partial charge on any atom is -0.467 e. The topological polar surface area (TPSA) is 93.7 Å². The van der Waals surface area contributed by atoms with Gasteiger partial charge in [0.25, 0.3) is 0 Å². The number of carbonyl (C=O) groups is 3. The number of alkyl carbamates (subject to hydrolysis) is 1. The Bertz CT molecular complexity index is 824. The Labute approximate surface area is 176 Å². The number of benzene rings is 2. The second kappa shape index (κ2) is 11.6. The van der Waals surface area contributed by atoms with Crippen molar-refractivity contribution in [3.63, 3.8) is 0 Å². The zero-order valence-corrected chi connectivity index (χ0v) is 17.5. The molecule has 0 aromatic heterocycles. The van der Waals surface area contributed by atoms with Gasteiger partial charge in [-0.1, -0.05) is 74.5 Å². The van der Waals surface area contributed by atoms with Gasteiger partial charge in [-0.15, -0.1) is 0 Å². The van der Waals surface area contributed by atoms with Crippen molar-refractivity contribution < 1.29 is 23.9 Å². The van der Waals surface area contributed by atoms with Crippen LogP contribution in [0.2, 0.25) is 0 Å². The predicted molar refractivity (Wildman–Crippen MR) is 112 cm³/mol. The summed E-state index contributed by atoms with van der Waals surface area (Å²) in [5.74, 6) is -1.20. The highest BCUT2D eigenvalue weighted by molar-refractivity contribution is 5.90. The van der Waals surface area contributed by atoms with E-state index < -0.39 is 30.1 Å². The van der Waals surface area contributed by atoms with Crippen molar-refractivity contribution in [3.05, 3.63) is 71.8 Å². The Morgan fingerprint density at radius 2 is 1.43 bits per heavy atom. The first-order valence-corrected chi connectivity index (χ1v) is 9.80. The van der Waals surface area contributed by atoms with Gasteiger partial charge in [0.2, 0.25) is 5.91 Å². The van der Waals surface area contributed by atoms with Crippen LogP contribution in [0.5, 0.6) is 0 Å². The average molecular weight is 412 g/mol. The molecule has 2 atom stereocenters. The van der Waals surface area contributed by atoms with Gasteiger partial charge in [0.15, 0.2) is 0 Å². The SMILES string of the molecule is COC(=O)[C@H](NC(=O)[C@@H](Cc1ccccc1)NC(=O)OCc1ccccc1)C(C)C. The van der Waals surface area contributed by atoms with Crippen molar-refractivity contribution in [1.82, 2.24) is 10.6 Å². The number of carbonyl (C=O) groups excluding carboxylic acids is 3. The van der Waals surface area contributed by atoms with Crippen molar-refractivity contribution >= 4 is 18.0 Å². The molecule has 2 aromatic rings. The summed E-state index contributed by atoms with van der Waals surface area (Å²) in [4.78, 5) is 37.2. The fourth-order valence-electron chi connectivity index (χ4n) is 2.84. The van der Waals surface area contributed by atoms with Crippen LogP contribution in [0.25, 0.3) is 0 Å². The number of amides is 2. The van der Waals surface area contributed by atoms with E-state index in [9.17, 15) is 14.4 Å². The molecule has 7 heteroatoms. The molecule has 0 radical (unpaired) electrons. The molecule has 0 aliphatic rings. The standard InChI is InChI=1S/C23H28N2O5/c1-16(2)20(22(27)29-3)25-21(26)19(14-17-10-6-4-7-11-17)24-23(28)30-15-18-12-8-5-9-13-18/h4-13,16,19-20H,14-15H2,1-3H3,(H,24,28)(H,25,26)/t19-,20-/m1/s1. The van der Waals surface area contributed by atoms with Crippen LogP contribution in [0.15, 0.2) is 60.7 Å². The lowest BCUT2D eigenvalue weighted by atomic mass is 10.0. The largest absolute Gasteiger partial charge is 0.467 e. The van der Waals surface area contributed by atoms with Crippen molar-refractivity contribution in [1.29, 1.82) is 0 Å². The number of esters is 1. The van der Waals surface area contributed by atoms with Crippen LogP contribution in [0.1, 0.15) is 25.0 Å². The Morgan fingerprint density at radius 1 is 0.867 bits per heavy atom. The van der Waals surface area contributed by atoms with Gasteiger partial charge in [-0.25, -0.2) is 9.59 Å². The molecule has 0 spiro atoms. The van der Waals surface area contributed by atoms with Crippen molar-refractivity contribution in [3.8, 4) is 0 Å². The summed E-state index contributed by atoms with van der Waals surface area (Å²) < 4.78 is 10.0. The number of ether oxygens (including phenoxy) is 2. The average Bonchev–Trinajstić information content (AvgIpc) is 2.76. The van der Waals surface area contributed by atoms with E-state index in [2.05, 4.69) is 10.6 Å². The van der Waals surface area contributed by atoms with E-state index in [1.165, 1.54) is 7.11 Å². The zero-order valence-electron chi connectivity index (χ0n) is 17.5. The van der Waals surface area contributed by atoms with Gasteiger partial charge in [-0.3, -0.25) is 4.79 Å². The van der Waals surface area contributed by atoms with Gasteiger partial charge in [0.05, 0.1) is 7.11 Å². The van der Waals surface area contributed by atoms with Crippen LogP contribution in [0.4, 0.5) is 4.79 Å². The number of rotatable bonds is 9. The highest BCUT2D eigenvalue weighted by atomic mass is 16.5. The van der Waals surface area contributed by atoms with Gasteiger partial charge in [0.1, 0.15) is 18.7 Å². The Morgan fingerprint density at radius 3 is 1.97 bits per heavy atom. The van der Waals surface area contributed by atoms with Crippen molar-refractivity contribution in [2.45, 2.75) is 39.0 Å². The smallest absolute Gasteiger partial charge is 0.408 e. The lowest BCUT2D eigenvalue weighted by molar-refractivity contribution is -0.146. The third kappa shape index (κ3) is 7.24. The van der Waals surface area contributed by atoms with E-state index in [1.54, 1.807) is 13.8 Å². The molecule has 30 heavy (non-hydrogen) atoms. The number of hydrogen-bond donors (Lipinski definition) is 2. The fraction of sp³-hybridized carbons (Fsp3) is 0.348. The second-order valence-electron chi connectivity index (χ2n) is 7.20. The van der Waals surface area contributed by atoms with Gasteiger partial charge >= 0.3 is 12.1 Å². The highest BCUT2D eigenvalue weighted by Gasteiger charge is 2.29. The molecule has 0 aliphatic heterocycles. The summed E-state index contributed by atoms with van der Waals surface area (Å²) in [5.41, 5.74) is 1.70. The fourth-order valence-corrected chi connectivity index (χ4v) is 2.84. The summed E-state index contributed by atoms with van der Waals surface area (Å²) in [6.45, 7) is 3.69. The van der Waals surface area contributed by atoms with Crippen LogP contribution in [-0.4, -0.2) is 37.2 Å². The molecule has 2 rings (SSSR count). The van der Waals surface area contributed by atoms with E-state index in [0.29, 0.717) is 0 Å². The maximum absolute atomic E-state index is 12.9. The van der Waals surface area contributed by atoms with Crippen molar-refractivity contribution in [2.75, 3.05) is 7.11 Å². The number of nitrogens with one attached hydrogen (secondary N) is 2. The number of hydrogen-bond acceptors (Lipinski definition) is 5. The van der Waals surface area contributed by atoms with Gasteiger partial charge in [-0.05, 0) is 17.0 Å². The highest BCUT2D eigenvalue weighted by Crippen LogP contribution is 2.08. The second-order valence-corrected chi connectivity index (χ2v) is 7.20. The predicted octanol–water partition coefficient (Wildman–Crippen LogP) is 2.84. The molecular weight excluding hydrogens is 384 g/mol. The molecule has 2 aromatic carbocycles. The Hall–Kier alpha value is -3.35. The molecule has 160 valence electrons. The third-order valence-corrected chi connectivity index (χ3v) is 4.52. The van der Waals surface area contributed by atoms with Crippen LogP contribution < -0.4 is 10.6 Å². The number of methoxy groups -OCH3 is 1. The molecule has 0 saturated carbocycles. The summed E-state index contributed by atoms with van der Waals surface area (Å²) in [5, 5.41) is 5.29. The van der Waals surface area contributed by atoms with E-state index in [4.69, 9.17) is 9.47 Å². The van der Waals surface area contributed by atoms with Crippen LogP contribution in [0, 0.1) is 5.92 Å². The summed E-state index contributed by atoms with van der Waals surface area (Å²) in [6, 6.07) is 16.8. The quantitative estimate of drug-likeness (QED) is 0.618. The maximum atomic E-state index is 12.9. The lowest BCUT2D eigenvalue weighted by Gasteiger charge is -2.24. The van der Waals surface area contributed by atoms with E-state index in [-0.39, 0.29) is 18.9 Å². The molecule has 0 heterocycles. The van der Waals surface area contributed by atoms with Crippen LogP contribution in [-0.2, 0) is 32.1 Å². The Kier molecular flexibility index (Phi) is 8.87. The zero-order chi connectivity index (χ0) is 21.9. The molecule has 0 bridgehead atoms. The first kappa shape index (κ1) is 22.9. The molecule has 2 N–H and O–H groups in total. The summed E-state index contributed by atoms with van der Waals surface area (Å²) >= 11 is 0. The minimum atomic E-state index is -0.915. The molecular formula is C23H28N2O5. The lowest BCUT2D eigenvalue weighted by Crippen LogP contribution is -2.54. The monoisotopic (exact) mass is 412 g/mol. The first-order chi connectivity index (χ1) is 14.4. The normalized spacial score (nSPS) is 12.5. The van der Waals surface area contributed by atoms with Gasteiger partial charge in [-0.2, -0.15) is 0 Å². The summed E-state index contributed by atoms with van der Waals surface area (Å²) in [6.07, 6.45) is -0.465. The van der Waals surface area contributed by atoms with Crippen LogP contribution in [0.3, 0.4) is 0 Å². The summed E-state index contributed by atoms with van der Waals surface area (Å²) in [7, 11) is 1.27. The molecule has 0 unspecified atom stereocenters. The van der Waals surface area contributed by atoms with E-state index in [1.807, 2.05) is 60.7 Å². The van der Waals surface area contributed by atoms with E-state index >= 15 is 0 Å². The maximum Gasteiger partial charge on any atom is 0.408 e. The van der Waals surface area contributed by atoms with Gasteiger partial charge in [0, 0.05) is 6.42 Å². The molecule has 2 amide bonds. The molecule has 0 fully saturated rings. The third-order valence-electron chi connectivity index (χ3n) is 4.52. The van der Waals surface area contributed by atoms with Crippen molar-refractivity contribution in [2.24, 2.45) is 5.92 Å². The first-order valence-electron chi connectivity index (χ1n) is 9.80. The Balaban J connectivity index is 2.08.